The number of aryl methyl sites for hydroxylation is 4. The number of anilines is 16. The van der Waals surface area contributed by atoms with Crippen molar-refractivity contribution in [1.29, 1.82) is 0 Å². The monoisotopic (exact) mass is 1380 g/mol. The number of benzene rings is 7. The van der Waals surface area contributed by atoms with Crippen molar-refractivity contribution < 1.29 is 9.59 Å². The summed E-state index contributed by atoms with van der Waals surface area (Å²) in [6.07, 6.45) is 7.68. The van der Waals surface area contributed by atoms with Crippen LogP contribution in [0.15, 0.2) is 213 Å². The van der Waals surface area contributed by atoms with Crippen LogP contribution in [0.2, 0.25) is 15.7 Å². The molecule has 0 atom stereocenters. The standard InChI is InChI=1S/C20H21N5O.C17H17N5.C11H11ClN4.C6H8N2.C6H7N.C5H4Cl2N2.C3H5ClO.3CH4/c1-3-18(26)22-16-10-7-11-17(12-16)23-19-14(2)13-21-20(25-19)24-15-8-5-4-6-9-15;1-12-11-19-17(21-14-7-3-2-4-8-14)22-16(12)20-15-9-5-6-13(18)10-15;1-7-6-14-11(12)16-10(7)15-9-4-2-3-8(13)5-9;7-5-2-1-3-6(8)4-5;7-6-4-2-1-3-5-6;1-3-2-8-5(7)9-4(3)6;1-2-3(4)5;;;/h4-13H,3H2,1-2H3,(H,22,26)(H2,21,23,24,25);2-11H,18H2,1H3,(H2,19,20,21,22);2-6H,13H2,1H3,(H,14,15,16);1-4H,7-8H2;1-5H,7H2;2H,1H3;2H2,1H3;3*1H4. The molecule has 1 amide bonds. The summed E-state index contributed by atoms with van der Waals surface area (Å²) < 4.78 is 0. The number of nitrogen functional groups attached to an aromatic ring is 5. The molecular weight excluding hydrogens is 1290 g/mol. The van der Waals surface area contributed by atoms with Gasteiger partial charge in [0.05, 0.1) is 0 Å². The van der Waals surface area contributed by atoms with Crippen LogP contribution in [-0.4, -0.2) is 51.0 Å². The third-order valence-corrected chi connectivity index (χ3v) is 12.9. The lowest BCUT2D eigenvalue weighted by Gasteiger charge is -2.12. The van der Waals surface area contributed by atoms with Crippen LogP contribution in [0.25, 0.3) is 0 Å². The van der Waals surface area contributed by atoms with Crippen LogP contribution in [0.4, 0.5) is 91.9 Å². The van der Waals surface area contributed by atoms with Gasteiger partial charge in [-0.1, -0.05) is 127 Å². The van der Waals surface area contributed by atoms with Crippen LogP contribution in [-0.2, 0) is 9.59 Å². The Hall–Kier alpha value is -10.8. The summed E-state index contributed by atoms with van der Waals surface area (Å²) in [5, 5.41) is 19.5. The Morgan fingerprint density at radius 2 is 0.688 bits per heavy atom. The number of nitrogens with one attached hydrogen (secondary N) is 6. The van der Waals surface area contributed by atoms with Crippen molar-refractivity contribution in [2.45, 2.75) is 76.7 Å². The minimum absolute atomic E-state index is 0. The van der Waals surface area contributed by atoms with Gasteiger partial charge >= 0.3 is 0 Å². The molecule has 0 aliphatic carbocycles. The van der Waals surface area contributed by atoms with Gasteiger partial charge in [0.25, 0.3) is 0 Å². The molecule has 0 spiro atoms. The predicted molar refractivity (Wildman–Crippen MR) is 406 cm³/mol. The average Bonchev–Trinajstić information content (AvgIpc) is 0.893. The van der Waals surface area contributed by atoms with E-state index in [4.69, 9.17) is 75.1 Å². The molecule has 96 heavy (non-hydrogen) atoms. The maximum absolute atomic E-state index is 11.6. The van der Waals surface area contributed by atoms with Crippen molar-refractivity contribution in [2.75, 3.05) is 60.6 Å². The van der Waals surface area contributed by atoms with Crippen molar-refractivity contribution >= 4 is 149 Å². The second kappa shape index (κ2) is 43.9. The normalized spacial score (nSPS) is 9.48. The Balaban J connectivity index is 0.000000405. The number of carbonyl (C=O) groups is 2. The molecule has 25 heteroatoms. The van der Waals surface area contributed by atoms with Gasteiger partial charge in [0, 0.05) is 122 Å². The molecule has 0 aliphatic rings. The molecule has 0 unspecified atom stereocenters. The molecule has 4 heterocycles. The molecule has 504 valence electrons. The highest BCUT2D eigenvalue weighted by Gasteiger charge is 2.09. The van der Waals surface area contributed by atoms with E-state index in [0.29, 0.717) is 64.3 Å². The molecule has 4 aromatic heterocycles. The van der Waals surface area contributed by atoms with Gasteiger partial charge in [-0.15, -0.1) is 0 Å². The number of aromatic nitrogens is 8. The van der Waals surface area contributed by atoms with E-state index in [1.165, 1.54) is 0 Å². The zero-order chi connectivity index (χ0) is 67.5. The van der Waals surface area contributed by atoms with E-state index < -0.39 is 0 Å². The largest absolute Gasteiger partial charge is 0.399 e. The predicted octanol–water partition coefficient (Wildman–Crippen LogP) is 18.5. The highest BCUT2D eigenvalue weighted by molar-refractivity contribution is 6.63. The van der Waals surface area contributed by atoms with Crippen LogP contribution in [0.1, 0.15) is 71.2 Å². The molecular formula is C71H85Cl4N19O2. The number of nitrogens with two attached hydrogens (primary N) is 5. The van der Waals surface area contributed by atoms with Crippen molar-refractivity contribution in [2.24, 2.45) is 0 Å². The van der Waals surface area contributed by atoms with Crippen molar-refractivity contribution in [3.05, 3.63) is 251 Å². The Morgan fingerprint density at radius 3 is 1.04 bits per heavy atom. The highest BCUT2D eigenvalue weighted by atomic mass is 35.5. The topological polar surface area (TPSA) is 340 Å². The Bertz CT molecular complexity index is 4070. The van der Waals surface area contributed by atoms with Gasteiger partial charge in [0.15, 0.2) is 0 Å². The zero-order valence-electron chi connectivity index (χ0n) is 51.9. The molecule has 0 radical (unpaired) electrons. The van der Waals surface area contributed by atoms with Crippen LogP contribution >= 0.6 is 46.4 Å². The molecule has 11 aromatic rings. The Morgan fingerprint density at radius 1 is 0.365 bits per heavy atom. The van der Waals surface area contributed by atoms with E-state index in [0.717, 1.165) is 67.9 Å². The van der Waals surface area contributed by atoms with Gasteiger partial charge in [0.2, 0.25) is 33.6 Å². The maximum atomic E-state index is 11.6. The van der Waals surface area contributed by atoms with E-state index in [-0.39, 0.29) is 44.0 Å². The SMILES string of the molecule is C.C.C.CCC(=O)Cl.CCC(=O)Nc1cccc(Nc2nc(Nc3ccccc3)ncc2C)c1.Cc1cnc(Cl)nc1Cl.Cc1cnc(Cl)nc1Nc1cccc(N)c1.Cc1cnc(Nc2ccccc2)nc1Nc1cccc(N)c1.Nc1cccc(N)c1.Nc1ccccc1. The molecule has 0 saturated carbocycles. The van der Waals surface area contributed by atoms with Gasteiger partial charge in [0.1, 0.15) is 22.6 Å². The first-order valence-electron chi connectivity index (χ1n) is 28.6. The summed E-state index contributed by atoms with van der Waals surface area (Å²) in [5.41, 5.74) is 40.1. The maximum Gasteiger partial charge on any atom is 0.229 e. The summed E-state index contributed by atoms with van der Waals surface area (Å²) in [7, 11) is 0. The van der Waals surface area contributed by atoms with Gasteiger partial charge in [-0.25, -0.2) is 29.9 Å². The summed E-state index contributed by atoms with van der Waals surface area (Å²) in [6.45, 7) is 11.2. The van der Waals surface area contributed by atoms with E-state index in [2.05, 4.69) is 71.8 Å². The lowest BCUT2D eigenvalue weighted by Crippen LogP contribution is -2.09. The number of carbonyl (C=O) groups excluding carboxylic acids is 2. The molecule has 0 aliphatic heterocycles. The molecule has 0 saturated heterocycles. The minimum atomic E-state index is -0.273. The third-order valence-electron chi connectivity index (χ3n) is 11.8. The fourth-order valence-electron chi connectivity index (χ4n) is 7.09. The van der Waals surface area contributed by atoms with Crippen LogP contribution in [0.5, 0.6) is 0 Å². The van der Waals surface area contributed by atoms with E-state index >= 15 is 0 Å². The summed E-state index contributed by atoms with van der Waals surface area (Å²) in [4.78, 5) is 54.2. The third kappa shape index (κ3) is 31.7. The Labute approximate surface area is 583 Å². The van der Waals surface area contributed by atoms with Gasteiger partial charge in [-0.05, 0) is 172 Å². The highest BCUT2D eigenvalue weighted by Crippen LogP contribution is 2.26. The molecule has 7 aromatic carbocycles. The van der Waals surface area contributed by atoms with Gasteiger partial charge in [-0.3, -0.25) is 9.59 Å². The quantitative estimate of drug-likeness (QED) is 0.0221. The van der Waals surface area contributed by atoms with Gasteiger partial charge < -0.3 is 60.6 Å². The number of hydrogen-bond acceptors (Lipinski definition) is 20. The fraction of sp³-hybridized carbons (Fsp3) is 0.155. The number of hydrogen-bond donors (Lipinski definition) is 11. The number of rotatable bonds is 13. The van der Waals surface area contributed by atoms with Crippen LogP contribution in [0.3, 0.4) is 0 Å². The van der Waals surface area contributed by atoms with E-state index in [1.54, 1.807) is 49.9 Å². The van der Waals surface area contributed by atoms with Gasteiger partial charge in [-0.2, -0.15) is 9.97 Å². The smallest absolute Gasteiger partial charge is 0.229 e. The average molecular weight is 1380 g/mol. The first-order chi connectivity index (χ1) is 44.6. The Kier molecular flexibility index (Phi) is 37.1. The first-order valence-corrected chi connectivity index (χ1v) is 30.1. The molecule has 11 rings (SSSR count). The van der Waals surface area contributed by atoms with Crippen LogP contribution < -0.4 is 60.6 Å². The second-order valence-corrected chi connectivity index (χ2v) is 21.1. The summed E-state index contributed by atoms with van der Waals surface area (Å²) in [5.74, 6) is 3.18. The van der Waals surface area contributed by atoms with Crippen molar-refractivity contribution in [3.63, 3.8) is 0 Å². The van der Waals surface area contributed by atoms with Crippen LogP contribution in [0, 0.1) is 27.7 Å². The van der Waals surface area contributed by atoms with E-state index in [9.17, 15) is 9.59 Å². The molecule has 16 N–H and O–H groups in total. The molecule has 0 fully saturated rings. The lowest BCUT2D eigenvalue weighted by molar-refractivity contribution is -0.116. The second-order valence-electron chi connectivity index (χ2n) is 19.6. The van der Waals surface area contributed by atoms with E-state index in [1.807, 2.05) is 204 Å². The minimum Gasteiger partial charge on any atom is -0.399 e. The van der Waals surface area contributed by atoms with Crippen molar-refractivity contribution in [3.8, 4) is 0 Å². The molecule has 21 nitrogen and oxygen atoms in total. The molecule has 0 bridgehead atoms. The number of para-hydroxylation sites is 3. The first kappa shape index (κ1) is 81.3. The number of nitrogens with zero attached hydrogens (tertiary/aromatic N) is 8. The summed E-state index contributed by atoms with van der Waals surface area (Å²) >= 11 is 21.5. The number of amides is 1. The number of halogens is 4. The summed E-state index contributed by atoms with van der Waals surface area (Å²) in [6, 6.07) is 58.8. The van der Waals surface area contributed by atoms with Crippen molar-refractivity contribution in [1.82, 2.24) is 39.9 Å². The zero-order valence-corrected chi connectivity index (χ0v) is 54.9. The fourth-order valence-corrected chi connectivity index (χ4v) is 7.53. The lowest BCUT2D eigenvalue weighted by atomic mass is 10.2.